The van der Waals surface area contributed by atoms with Gasteiger partial charge in [-0.3, -0.25) is 0 Å². The molecule has 0 unspecified atom stereocenters. The fraction of sp³-hybridized carbons (Fsp3) is 0.333. The van der Waals surface area contributed by atoms with Crippen molar-refractivity contribution in [1.82, 2.24) is 4.98 Å². The van der Waals surface area contributed by atoms with Crippen molar-refractivity contribution < 1.29 is 10.2 Å². The predicted octanol–water partition coefficient (Wildman–Crippen LogP) is -0.699. The lowest BCUT2D eigenvalue weighted by atomic mass is 10.2. The molecule has 1 heterocycles. The molecule has 6 nitrogen and oxygen atoms in total. The van der Waals surface area contributed by atoms with Gasteiger partial charge < -0.3 is 21.3 Å². The third-order valence-electron chi connectivity index (χ3n) is 1.83. The number of rotatable bonds is 4. The van der Waals surface area contributed by atoms with Gasteiger partial charge in [-0.2, -0.15) is 5.26 Å². The van der Waals surface area contributed by atoms with E-state index in [9.17, 15) is 0 Å². The number of anilines is 2. The summed E-state index contributed by atoms with van der Waals surface area (Å²) in [6.45, 7) is -0.449. The van der Waals surface area contributed by atoms with Gasteiger partial charge in [0, 0.05) is 6.20 Å². The van der Waals surface area contributed by atoms with Crippen LogP contribution in [-0.4, -0.2) is 34.5 Å². The maximum atomic E-state index is 8.84. The molecule has 0 amide bonds. The SMILES string of the molecule is N#Cc1cnc(NC(CO)CO)c(N)c1. The first-order valence-electron chi connectivity index (χ1n) is 4.35. The molecule has 0 saturated carbocycles. The summed E-state index contributed by atoms with van der Waals surface area (Å²) in [5.74, 6) is 0.349. The van der Waals surface area contributed by atoms with Gasteiger partial charge in [0.05, 0.1) is 30.5 Å². The van der Waals surface area contributed by atoms with Gasteiger partial charge in [-0.25, -0.2) is 4.98 Å². The summed E-state index contributed by atoms with van der Waals surface area (Å²) in [6, 6.07) is 2.87. The molecule has 0 aromatic carbocycles. The van der Waals surface area contributed by atoms with Gasteiger partial charge in [-0.05, 0) is 6.07 Å². The monoisotopic (exact) mass is 208 g/mol. The Bertz CT molecular complexity index is 371. The van der Waals surface area contributed by atoms with Crippen LogP contribution in [0.3, 0.4) is 0 Å². The fourth-order valence-electron chi connectivity index (χ4n) is 1.01. The molecule has 15 heavy (non-hydrogen) atoms. The first kappa shape index (κ1) is 11.2. The van der Waals surface area contributed by atoms with E-state index in [-0.39, 0.29) is 13.2 Å². The molecule has 5 N–H and O–H groups in total. The van der Waals surface area contributed by atoms with E-state index in [1.807, 2.05) is 6.07 Å². The molecule has 0 radical (unpaired) electrons. The molecule has 1 rings (SSSR count). The molecule has 0 fully saturated rings. The molecular formula is C9H12N4O2. The first-order chi connectivity index (χ1) is 7.21. The second-order valence-electron chi connectivity index (χ2n) is 2.98. The van der Waals surface area contributed by atoms with Crippen molar-refractivity contribution in [2.45, 2.75) is 6.04 Å². The summed E-state index contributed by atoms with van der Waals surface area (Å²) in [5.41, 5.74) is 6.29. The Morgan fingerprint density at radius 2 is 2.20 bits per heavy atom. The van der Waals surface area contributed by atoms with E-state index in [0.29, 0.717) is 17.1 Å². The Morgan fingerprint density at radius 1 is 1.53 bits per heavy atom. The van der Waals surface area contributed by atoms with E-state index in [4.69, 9.17) is 21.2 Å². The van der Waals surface area contributed by atoms with E-state index >= 15 is 0 Å². The maximum Gasteiger partial charge on any atom is 0.149 e. The first-order valence-corrected chi connectivity index (χ1v) is 4.35. The molecule has 0 atom stereocenters. The molecule has 1 aromatic rings. The third-order valence-corrected chi connectivity index (χ3v) is 1.83. The molecule has 0 aliphatic rings. The Kier molecular flexibility index (Phi) is 3.85. The molecule has 0 spiro atoms. The molecule has 0 aliphatic carbocycles. The summed E-state index contributed by atoms with van der Waals surface area (Å²) in [6.07, 6.45) is 1.37. The smallest absolute Gasteiger partial charge is 0.149 e. The molecule has 0 saturated heterocycles. The van der Waals surface area contributed by atoms with Gasteiger partial charge in [0.2, 0.25) is 0 Å². The maximum absolute atomic E-state index is 8.84. The van der Waals surface area contributed by atoms with Crippen molar-refractivity contribution in [2.75, 3.05) is 24.3 Å². The van der Waals surface area contributed by atoms with Crippen molar-refractivity contribution in [3.8, 4) is 6.07 Å². The Balaban J connectivity index is 2.83. The fourth-order valence-corrected chi connectivity index (χ4v) is 1.01. The van der Waals surface area contributed by atoms with Crippen molar-refractivity contribution >= 4 is 11.5 Å². The highest BCUT2D eigenvalue weighted by atomic mass is 16.3. The summed E-state index contributed by atoms with van der Waals surface area (Å²) in [7, 11) is 0. The summed E-state index contributed by atoms with van der Waals surface area (Å²) in [5, 5.41) is 29.0. The van der Waals surface area contributed by atoms with Crippen LogP contribution >= 0.6 is 0 Å². The van der Waals surface area contributed by atoms with Crippen molar-refractivity contribution in [3.05, 3.63) is 17.8 Å². The van der Waals surface area contributed by atoms with E-state index in [0.717, 1.165) is 0 Å². The minimum atomic E-state index is -0.507. The van der Waals surface area contributed by atoms with E-state index in [1.54, 1.807) is 0 Å². The second kappa shape index (κ2) is 5.14. The number of hydrogen-bond donors (Lipinski definition) is 4. The van der Waals surface area contributed by atoms with Gasteiger partial charge in [0.15, 0.2) is 0 Å². The van der Waals surface area contributed by atoms with Gasteiger partial charge in [-0.1, -0.05) is 0 Å². The van der Waals surface area contributed by atoms with E-state index in [1.165, 1.54) is 12.3 Å². The number of aliphatic hydroxyl groups is 2. The number of nitrogens with zero attached hydrogens (tertiary/aromatic N) is 2. The van der Waals surface area contributed by atoms with Gasteiger partial charge in [-0.15, -0.1) is 0 Å². The number of nitrogen functional groups attached to an aromatic ring is 1. The minimum absolute atomic E-state index is 0.225. The summed E-state index contributed by atoms with van der Waals surface area (Å²) < 4.78 is 0. The highest BCUT2D eigenvalue weighted by Gasteiger charge is 2.08. The minimum Gasteiger partial charge on any atom is -0.396 e. The number of nitrogens with two attached hydrogens (primary N) is 1. The van der Waals surface area contributed by atoms with E-state index < -0.39 is 6.04 Å². The Labute approximate surface area is 87.0 Å². The number of hydrogen-bond acceptors (Lipinski definition) is 6. The molecular weight excluding hydrogens is 196 g/mol. The summed E-state index contributed by atoms with van der Waals surface area (Å²) in [4.78, 5) is 3.90. The predicted molar refractivity (Wildman–Crippen MR) is 54.9 cm³/mol. The lowest BCUT2D eigenvalue weighted by Gasteiger charge is -2.15. The van der Waals surface area contributed by atoms with E-state index in [2.05, 4.69) is 10.3 Å². The van der Waals surface area contributed by atoms with Crippen LogP contribution in [0.15, 0.2) is 12.3 Å². The zero-order valence-corrected chi connectivity index (χ0v) is 8.01. The molecule has 1 aromatic heterocycles. The second-order valence-corrected chi connectivity index (χ2v) is 2.98. The van der Waals surface area contributed by atoms with Crippen LogP contribution in [0.2, 0.25) is 0 Å². The Morgan fingerprint density at radius 3 is 2.67 bits per heavy atom. The number of nitriles is 1. The quantitative estimate of drug-likeness (QED) is 0.520. The zero-order valence-electron chi connectivity index (χ0n) is 8.01. The highest BCUT2D eigenvalue weighted by Crippen LogP contribution is 2.16. The van der Waals surface area contributed by atoms with Crippen LogP contribution in [0.25, 0.3) is 0 Å². The lowest BCUT2D eigenvalue weighted by Crippen LogP contribution is -2.28. The molecule has 0 bridgehead atoms. The third kappa shape index (κ3) is 2.80. The van der Waals surface area contributed by atoms with Gasteiger partial charge in [0.25, 0.3) is 0 Å². The largest absolute Gasteiger partial charge is 0.396 e. The van der Waals surface area contributed by atoms with Crippen LogP contribution < -0.4 is 11.1 Å². The zero-order chi connectivity index (χ0) is 11.3. The van der Waals surface area contributed by atoms with Crippen molar-refractivity contribution in [3.63, 3.8) is 0 Å². The van der Waals surface area contributed by atoms with Crippen LogP contribution in [0.4, 0.5) is 11.5 Å². The molecule has 80 valence electrons. The van der Waals surface area contributed by atoms with Crippen LogP contribution in [-0.2, 0) is 0 Å². The number of aliphatic hydroxyl groups excluding tert-OH is 2. The highest BCUT2D eigenvalue weighted by molar-refractivity contribution is 5.63. The number of nitrogens with one attached hydrogen (secondary N) is 1. The van der Waals surface area contributed by atoms with Gasteiger partial charge >= 0.3 is 0 Å². The standard InChI is InChI=1S/C9H12N4O2/c10-2-6-1-8(11)9(12-3-6)13-7(4-14)5-15/h1,3,7,14-15H,4-5,11H2,(H,12,13). The van der Waals surface area contributed by atoms with Gasteiger partial charge in [0.1, 0.15) is 11.9 Å². The van der Waals surface area contributed by atoms with Crippen LogP contribution in [0.5, 0.6) is 0 Å². The lowest BCUT2D eigenvalue weighted by molar-refractivity contribution is 0.203. The average molecular weight is 208 g/mol. The number of pyridine rings is 1. The normalized spacial score (nSPS) is 10.0. The molecule has 0 aliphatic heterocycles. The summed E-state index contributed by atoms with van der Waals surface area (Å²) >= 11 is 0. The Hall–Kier alpha value is -1.84. The van der Waals surface area contributed by atoms with Crippen LogP contribution in [0, 0.1) is 11.3 Å². The van der Waals surface area contributed by atoms with Crippen molar-refractivity contribution in [1.29, 1.82) is 5.26 Å². The number of aromatic nitrogens is 1. The van der Waals surface area contributed by atoms with Crippen molar-refractivity contribution in [2.24, 2.45) is 0 Å². The topological polar surface area (TPSA) is 115 Å². The average Bonchev–Trinajstić information content (AvgIpc) is 2.27. The molecule has 6 heteroatoms. The van der Waals surface area contributed by atoms with Crippen LogP contribution in [0.1, 0.15) is 5.56 Å².